The first-order valence-corrected chi connectivity index (χ1v) is 6.97. The largest absolute Gasteiger partial charge is 0.433 e. The van der Waals surface area contributed by atoms with Crippen LogP contribution in [0.5, 0.6) is 0 Å². The molecule has 0 bridgehead atoms. The molecular weight excluding hydrogens is 396 g/mol. The Morgan fingerprint density at radius 3 is 2.57 bits per heavy atom. The van der Waals surface area contributed by atoms with Crippen molar-refractivity contribution in [3.05, 3.63) is 56.8 Å². The first-order valence-electron chi connectivity index (χ1n) is 5.89. The standard InChI is InChI=1S/C14H10F3IN2O/c1-8-5-6-9(7-10(8)18)13(21)20-12-4-2-3-11(19-12)14(15,16)17/h2-7H,1H3,(H,19,20,21). The summed E-state index contributed by atoms with van der Waals surface area (Å²) < 4.78 is 38.5. The Kier molecular flexibility index (Phi) is 4.50. The monoisotopic (exact) mass is 406 g/mol. The summed E-state index contributed by atoms with van der Waals surface area (Å²) in [6, 6.07) is 8.41. The number of hydrogen-bond acceptors (Lipinski definition) is 2. The Hall–Kier alpha value is -1.64. The molecule has 21 heavy (non-hydrogen) atoms. The Balaban J connectivity index is 2.21. The van der Waals surface area contributed by atoms with E-state index < -0.39 is 17.8 Å². The molecule has 0 aliphatic carbocycles. The van der Waals surface area contributed by atoms with Crippen molar-refractivity contribution in [3.8, 4) is 0 Å². The van der Waals surface area contributed by atoms with E-state index >= 15 is 0 Å². The number of hydrogen-bond donors (Lipinski definition) is 1. The Morgan fingerprint density at radius 2 is 1.95 bits per heavy atom. The molecule has 7 heteroatoms. The van der Waals surface area contributed by atoms with Gasteiger partial charge in [0, 0.05) is 9.13 Å². The number of anilines is 1. The van der Waals surface area contributed by atoms with Crippen LogP contribution in [0.4, 0.5) is 19.0 Å². The molecule has 0 spiro atoms. The molecule has 0 atom stereocenters. The molecule has 1 N–H and O–H groups in total. The highest BCUT2D eigenvalue weighted by atomic mass is 127. The number of nitrogens with one attached hydrogen (secondary N) is 1. The molecule has 110 valence electrons. The van der Waals surface area contributed by atoms with Gasteiger partial charge in [-0.3, -0.25) is 4.79 Å². The van der Waals surface area contributed by atoms with Gasteiger partial charge in [-0.05, 0) is 59.3 Å². The topological polar surface area (TPSA) is 42.0 Å². The van der Waals surface area contributed by atoms with Crippen molar-refractivity contribution >= 4 is 34.3 Å². The lowest BCUT2D eigenvalue weighted by Crippen LogP contribution is -2.15. The van der Waals surface area contributed by atoms with E-state index in [1.165, 1.54) is 12.1 Å². The van der Waals surface area contributed by atoms with E-state index in [4.69, 9.17) is 0 Å². The van der Waals surface area contributed by atoms with E-state index in [-0.39, 0.29) is 5.82 Å². The fourth-order valence-electron chi connectivity index (χ4n) is 1.58. The first kappa shape index (κ1) is 15.7. The van der Waals surface area contributed by atoms with Crippen LogP contribution in [0.2, 0.25) is 0 Å². The molecule has 0 aliphatic rings. The van der Waals surface area contributed by atoms with E-state index in [2.05, 4.69) is 32.9 Å². The molecule has 1 amide bonds. The van der Waals surface area contributed by atoms with Gasteiger partial charge >= 0.3 is 6.18 Å². The number of amides is 1. The van der Waals surface area contributed by atoms with Crippen molar-refractivity contribution in [1.29, 1.82) is 0 Å². The molecule has 1 aromatic heterocycles. The van der Waals surface area contributed by atoms with Crippen LogP contribution in [-0.4, -0.2) is 10.9 Å². The van der Waals surface area contributed by atoms with Gasteiger partial charge in [-0.1, -0.05) is 12.1 Å². The molecule has 1 aromatic carbocycles. The molecule has 0 aliphatic heterocycles. The number of aromatic nitrogens is 1. The number of benzene rings is 1. The van der Waals surface area contributed by atoms with Gasteiger partial charge in [0.2, 0.25) is 0 Å². The minimum Gasteiger partial charge on any atom is -0.307 e. The van der Waals surface area contributed by atoms with Crippen LogP contribution in [0.3, 0.4) is 0 Å². The molecule has 2 rings (SSSR count). The number of halogens is 4. The molecule has 0 fully saturated rings. The number of alkyl halides is 3. The lowest BCUT2D eigenvalue weighted by Gasteiger charge is -2.09. The van der Waals surface area contributed by atoms with E-state index in [9.17, 15) is 18.0 Å². The van der Waals surface area contributed by atoms with E-state index in [0.29, 0.717) is 5.56 Å². The van der Waals surface area contributed by atoms with Gasteiger partial charge < -0.3 is 5.32 Å². The summed E-state index contributed by atoms with van der Waals surface area (Å²) in [4.78, 5) is 15.4. The lowest BCUT2D eigenvalue weighted by molar-refractivity contribution is -0.141. The van der Waals surface area contributed by atoms with Crippen LogP contribution in [0, 0.1) is 10.5 Å². The zero-order valence-electron chi connectivity index (χ0n) is 10.8. The summed E-state index contributed by atoms with van der Waals surface area (Å²) in [5.74, 6) is -0.634. The molecule has 3 nitrogen and oxygen atoms in total. The molecule has 0 saturated carbocycles. The summed E-state index contributed by atoms with van der Waals surface area (Å²) in [6.07, 6.45) is -4.54. The van der Waals surface area contributed by atoms with Gasteiger partial charge in [-0.2, -0.15) is 13.2 Å². The number of carbonyl (C=O) groups excluding carboxylic acids is 1. The zero-order chi connectivity index (χ0) is 15.6. The normalized spacial score (nSPS) is 11.3. The summed E-state index contributed by atoms with van der Waals surface area (Å²) in [5.41, 5.74) is 0.340. The average molecular weight is 406 g/mol. The average Bonchev–Trinajstić information content (AvgIpc) is 2.41. The second kappa shape index (κ2) is 6.00. The van der Waals surface area contributed by atoms with Crippen LogP contribution < -0.4 is 5.32 Å². The highest BCUT2D eigenvalue weighted by molar-refractivity contribution is 14.1. The van der Waals surface area contributed by atoms with Gasteiger partial charge in [-0.25, -0.2) is 4.98 Å². The third kappa shape index (κ3) is 3.93. The van der Waals surface area contributed by atoms with E-state index in [0.717, 1.165) is 15.2 Å². The van der Waals surface area contributed by atoms with Crippen molar-refractivity contribution in [3.63, 3.8) is 0 Å². The van der Waals surface area contributed by atoms with Crippen LogP contribution in [0.15, 0.2) is 36.4 Å². The molecule has 0 radical (unpaired) electrons. The minimum atomic E-state index is -4.54. The van der Waals surface area contributed by atoms with Crippen molar-refractivity contribution in [1.82, 2.24) is 4.98 Å². The van der Waals surface area contributed by atoms with Crippen molar-refractivity contribution < 1.29 is 18.0 Å². The molecule has 2 aromatic rings. The van der Waals surface area contributed by atoms with Gasteiger partial charge in [0.15, 0.2) is 0 Å². The maximum absolute atomic E-state index is 12.5. The van der Waals surface area contributed by atoms with E-state index in [1.54, 1.807) is 18.2 Å². The smallest absolute Gasteiger partial charge is 0.307 e. The highest BCUT2D eigenvalue weighted by Crippen LogP contribution is 2.28. The highest BCUT2D eigenvalue weighted by Gasteiger charge is 2.32. The number of rotatable bonds is 2. The second-order valence-electron chi connectivity index (χ2n) is 4.32. The molecule has 1 heterocycles. The first-order chi connectivity index (χ1) is 9.77. The van der Waals surface area contributed by atoms with Gasteiger partial charge in [0.05, 0.1) is 0 Å². The Bertz CT molecular complexity index is 686. The Morgan fingerprint density at radius 1 is 1.24 bits per heavy atom. The number of carbonyl (C=O) groups is 1. The predicted molar refractivity (Wildman–Crippen MR) is 81.1 cm³/mol. The predicted octanol–water partition coefficient (Wildman–Crippen LogP) is 4.27. The lowest BCUT2D eigenvalue weighted by atomic mass is 10.1. The van der Waals surface area contributed by atoms with Crippen molar-refractivity contribution in [2.45, 2.75) is 13.1 Å². The van der Waals surface area contributed by atoms with Crippen LogP contribution >= 0.6 is 22.6 Å². The summed E-state index contributed by atoms with van der Waals surface area (Å²) in [5, 5.41) is 2.36. The second-order valence-corrected chi connectivity index (χ2v) is 5.49. The van der Waals surface area contributed by atoms with E-state index in [1.807, 2.05) is 6.92 Å². The summed E-state index contributed by atoms with van der Waals surface area (Å²) in [6.45, 7) is 1.90. The van der Waals surface area contributed by atoms with Crippen LogP contribution in [0.1, 0.15) is 21.6 Å². The molecule has 0 unspecified atom stereocenters. The fraction of sp³-hybridized carbons (Fsp3) is 0.143. The number of aryl methyl sites for hydroxylation is 1. The maximum atomic E-state index is 12.5. The fourth-order valence-corrected chi connectivity index (χ4v) is 2.10. The Labute approximate surface area is 132 Å². The van der Waals surface area contributed by atoms with Gasteiger partial charge in [-0.15, -0.1) is 0 Å². The maximum Gasteiger partial charge on any atom is 0.433 e. The zero-order valence-corrected chi connectivity index (χ0v) is 13.0. The van der Waals surface area contributed by atoms with Gasteiger partial charge in [0.25, 0.3) is 5.91 Å². The molecular formula is C14H10F3IN2O. The number of nitrogens with zero attached hydrogens (tertiary/aromatic N) is 1. The summed E-state index contributed by atoms with van der Waals surface area (Å²) in [7, 11) is 0. The van der Waals surface area contributed by atoms with Crippen molar-refractivity contribution in [2.24, 2.45) is 0 Å². The SMILES string of the molecule is Cc1ccc(C(=O)Nc2cccc(C(F)(F)F)n2)cc1I. The third-order valence-electron chi connectivity index (χ3n) is 2.72. The summed E-state index contributed by atoms with van der Waals surface area (Å²) >= 11 is 2.09. The van der Waals surface area contributed by atoms with Crippen molar-refractivity contribution in [2.75, 3.05) is 5.32 Å². The van der Waals surface area contributed by atoms with Crippen LogP contribution in [-0.2, 0) is 6.18 Å². The third-order valence-corrected chi connectivity index (χ3v) is 3.88. The quantitative estimate of drug-likeness (QED) is 0.758. The molecule has 0 saturated heterocycles. The van der Waals surface area contributed by atoms with Crippen LogP contribution in [0.25, 0.3) is 0 Å². The van der Waals surface area contributed by atoms with Gasteiger partial charge in [0.1, 0.15) is 11.5 Å². The number of pyridine rings is 1. The minimum absolute atomic E-state index is 0.134.